The molecule has 0 radical (unpaired) electrons. The summed E-state index contributed by atoms with van der Waals surface area (Å²) in [6, 6.07) is 17.4. The van der Waals surface area contributed by atoms with E-state index in [1.807, 2.05) is 12.1 Å². The number of ether oxygens (including phenoxy) is 1. The first-order valence-electron chi connectivity index (χ1n) is 9.13. The van der Waals surface area contributed by atoms with Crippen molar-refractivity contribution in [2.45, 2.75) is 25.0 Å². The number of rotatable bonds is 3. The first-order valence-corrected chi connectivity index (χ1v) is 9.13. The third kappa shape index (κ3) is 3.59. The number of phenolic OH excluding ortho intramolecular Hbond substituents is 1. The third-order valence-electron chi connectivity index (χ3n) is 5.41. The highest BCUT2D eigenvalue weighted by molar-refractivity contribution is 5.95. The highest BCUT2D eigenvalue weighted by Gasteiger charge is 2.42. The van der Waals surface area contributed by atoms with Crippen molar-refractivity contribution in [1.82, 2.24) is 4.90 Å². The average Bonchev–Trinajstić information content (AvgIpc) is 2.67. The van der Waals surface area contributed by atoms with Gasteiger partial charge in [-0.2, -0.15) is 0 Å². The zero-order chi connectivity index (χ0) is 18.0. The number of piperidine rings is 1. The molecule has 0 aromatic heterocycles. The van der Waals surface area contributed by atoms with Crippen LogP contribution in [0.15, 0.2) is 54.6 Å². The summed E-state index contributed by atoms with van der Waals surface area (Å²) in [7, 11) is 0. The molecule has 0 aliphatic carbocycles. The van der Waals surface area contributed by atoms with Gasteiger partial charge in [0.25, 0.3) is 5.91 Å². The van der Waals surface area contributed by atoms with Gasteiger partial charge in [0.1, 0.15) is 12.4 Å². The topological polar surface area (TPSA) is 53.0 Å². The van der Waals surface area contributed by atoms with Crippen LogP contribution in [0.4, 0.5) is 5.69 Å². The summed E-state index contributed by atoms with van der Waals surface area (Å²) < 4.78 is 6.02. The van der Waals surface area contributed by atoms with E-state index in [4.69, 9.17) is 4.74 Å². The molecule has 4 rings (SSSR count). The number of anilines is 1. The molecule has 2 aliphatic rings. The number of morpholine rings is 1. The zero-order valence-electron chi connectivity index (χ0n) is 14.8. The largest absolute Gasteiger partial charge is 0.508 e. The minimum Gasteiger partial charge on any atom is -0.508 e. The molecular formula is C21H24N2O3. The van der Waals surface area contributed by atoms with Crippen LogP contribution in [-0.2, 0) is 16.1 Å². The monoisotopic (exact) mass is 352 g/mol. The smallest absolute Gasteiger partial charge is 0.253 e. The normalized spacial score (nSPS) is 20.5. The molecule has 1 N–H and O–H groups in total. The molecule has 5 heteroatoms. The Morgan fingerprint density at radius 1 is 1.04 bits per heavy atom. The fraction of sp³-hybridized carbons (Fsp3) is 0.381. The lowest BCUT2D eigenvalue weighted by molar-refractivity contribution is -0.144. The lowest BCUT2D eigenvalue weighted by Crippen LogP contribution is -2.58. The van der Waals surface area contributed by atoms with Crippen LogP contribution in [0.5, 0.6) is 5.75 Å². The molecule has 2 aromatic rings. The Bertz CT molecular complexity index is 770. The third-order valence-corrected chi connectivity index (χ3v) is 5.41. The van der Waals surface area contributed by atoms with E-state index in [9.17, 15) is 9.90 Å². The molecule has 0 atom stereocenters. The first-order chi connectivity index (χ1) is 12.6. The lowest BCUT2D eigenvalue weighted by atomic mass is 9.88. The van der Waals surface area contributed by atoms with Gasteiger partial charge in [-0.1, -0.05) is 36.4 Å². The Kier molecular flexibility index (Phi) is 4.66. The van der Waals surface area contributed by atoms with Gasteiger partial charge in [0.05, 0.1) is 12.1 Å². The summed E-state index contributed by atoms with van der Waals surface area (Å²) in [6.45, 7) is 3.52. The number of carbonyl (C=O) groups is 1. The Morgan fingerprint density at radius 2 is 1.81 bits per heavy atom. The number of carbonyl (C=O) groups excluding carboxylic acids is 1. The van der Waals surface area contributed by atoms with Gasteiger partial charge in [0.15, 0.2) is 0 Å². The molecule has 2 fully saturated rings. The quantitative estimate of drug-likeness (QED) is 0.923. The first kappa shape index (κ1) is 17.1. The molecule has 1 amide bonds. The van der Waals surface area contributed by atoms with E-state index >= 15 is 0 Å². The zero-order valence-corrected chi connectivity index (χ0v) is 14.8. The van der Waals surface area contributed by atoms with Gasteiger partial charge >= 0.3 is 0 Å². The molecule has 5 nitrogen and oxygen atoms in total. The second kappa shape index (κ2) is 7.09. The Labute approximate surface area is 153 Å². The molecule has 26 heavy (non-hydrogen) atoms. The number of hydrogen-bond donors (Lipinski definition) is 1. The van der Waals surface area contributed by atoms with Crippen LogP contribution in [0.25, 0.3) is 0 Å². The van der Waals surface area contributed by atoms with Crippen molar-refractivity contribution in [1.29, 1.82) is 0 Å². The average molecular weight is 352 g/mol. The maximum atomic E-state index is 12.3. The minimum atomic E-state index is -0.285. The number of likely N-dealkylation sites (tertiary alicyclic amines) is 1. The molecule has 2 aliphatic heterocycles. The maximum Gasteiger partial charge on any atom is 0.253 e. The van der Waals surface area contributed by atoms with Crippen LogP contribution in [-0.4, -0.2) is 47.8 Å². The molecule has 2 heterocycles. The standard InChI is InChI=1S/C21H24N2O3/c24-19-8-4-7-18(13-19)23-16-21(26-15-20(23)25)9-11-22(12-10-21)14-17-5-2-1-3-6-17/h1-8,13,24H,9-12,14-16H2. The van der Waals surface area contributed by atoms with Crippen LogP contribution >= 0.6 is 0 Å². The number of amides is 1. The van der Waals surface area contributed by atoms with E-state index < -0.39 is 0 Å². The molecule has 2 aromatic carbocycles. The molecule has 0 bridgehead atoms. The Hall–Kier alpha value is -2.37. The van der Waals surface area contributed by atoms with Gasteiger partial charge in [-0.15, -0.1) is 0 Å². The van der Waals surface area contributed by atoms with E-state index in [1.165, 1.54) is 5.56 Å². The number of benzene rings is 2. The molecule has 2 saturated heterocycles. The lowest BCUT2D eigenvalue weighted by Gasteiger charge is -2.47. The molecule has 1 spiro atoms. The van der Waals surface area contributed by atoms with Crippen molar-refractivity contribution >= 4 is 11.6 Å². The summed E-state index contributed by atoms with van der Waals surface area (Å²) in [6.07, 6.45) is 1.81. The predicted octanol–water partition coefficient (Wildman–Crippen LogP) is 2.79. The predicted molar refractivity (Wildman–Crippen MR) is 100 cm³/mol. The van der Waals surface area contributed by atoms with E-state index in [1.54, 1.807) is 23.1 Å². The van der Waals surface area contributed by atoms with Crippen LogP contribution in [0.2, 0.25) is 0 Å². The van der Waals surface area contributed by atoms with E-state index in [0.717, 1.165) is 38.2 Å². The van der Waals surface area contributed by atoms with Gasteiger partial charge in [-0.25, -0.2) is 0 Å². The van der Waals surface area contributed by atoms with Crippen molar-refractivity contribution in [2.75, 3.05) is 31.1 Å². The Morgan fingerprint density at radius 3 is 2.54 bits per heavy atom. The second-order valence-electron chi connectivity index (χ2n) is 7.23. The molecule has 0 saturated carbocycles. The van der Waals surface area contributed by atoms with Gasteiger partial charge in [-0.05, 0) is 30.5 Å². The second-order valence-corrected chi connectivity index (χ2v) is 7.23. The fourth-order valence-electron chi connectivity index (χ4n) is 3.87. The van der Waals surface area contributed by atoms with E-state index in [-0.39, 0.29) is 23.9 Å². The highest BCUT2D eigenvalue weighted by Crippen LogP contribution is 2.33. The Balaban J connectivity index is 1.42. The maximum absolute atomic E-state index is 12.3. The number of aromatic hydroxyl groups is 1. The van der Waals surface area contributed by atoms with Crippen LogP contribution in [0, 0.1) is 0 Å². The van der Waals surface area contributed by atoms with Crippen LogP contribution in [0.3, 0.4) is 0 Å². The highest BCUT2D eigenvalue weighted by atomic mass is 16.5. The van der Waals surface area contributed by atoms with Gasteiger partial charge < -0.3 is 14.7 Å². The molecule has 136 valence electrons. The van der Waals surface area contributed by atoms with Gasteiger partial charge in [0.2, 0.25) is 0 Å². The van der Waals surface area contributed by atoms with Gasteiger partial charge in [-0.3, -0.25) is 9.69 Å². The summed E-state index contributed by atoms with van der Waals surface area (Å²) in [5, 5.41) is 9.73. The number of phenols is 1. The summed E-state index contributed by atoms with van der Waals surface area (Å²) in [4.78, 5) is 16.5. The van der Waals surface area contributed by atoms with Crippen LogP contribution in [0.1, 0.15) is 18.4 Å². The number of nitrogens with zero attached hydrogens (tertiary/aromatic N) is 2. The summed E-state index contributed by atoms with van der Waals surface area (Å²) in [5.74, 6) is 0.126. The van der Waals surface area contributed by atoms with E-state index in [2.05, 4.69) is 29.2 Å². The molecular weight excluding hydrogens is 328 g/mol. The van der Waals surface area contributed by atoms with Crippen molar-refractivity contribution in [3.63, 3.8) is 0 Å². The minimum absolute atomic E-state index is 0.0482. The van der Waals surface area contributed by atoms with Crippen molar-refractivity contribution < 1.29 is 14.6 Å². The van der Waals surface area contributed by atoms with Crippen molar-refractivity contribution in [3.05, 3.63) is 60.2 Å². The summed E-state index contributed by atoms with van der Waals surface area (Å²) in [5.41, 5.74) is 1.78. The SMILES string of the molecule is O=C1COC2(CCN(Cc3ccccc3)CC2)CN1c1cccc(O)c1. The summed E-state index contributed by atoms with van der Waals surface area (Å²) >= 11 is 0. The fourth-order valence-corrected chi connectivity index (χ4v) is 3.87. The van der Waals surface area contributed by atoms with E-state index in [0.29, 0.717) is 6.54 Å². The van der Waals surface area contributed by atoms with Crippen molar-refractivity contribution in [3.8, 4) is 5.75 Å². The number of hydrogen-bond acceptors (Lipinski definition) is 4. The molecule has 0 unspecified atom stereocenters. The van der Waals surface area contributed by atoms with Crippen molar-refractivity contribution in [2.24, 2.45) is 0 Å². The van der Waals surface area contributed by atoms with Crippen LogP contribution < -0.4 is 4.90 Å². The van der Waals surface area contributed by atoms with Gasteiger partial charge in [0, 0.05) is 31.4 Å².